The molecule has 2 aromatic heterocycles. The minimum Gasteiger partial charge on any atom is -0.464 e. The Morgan fingerprint density at radius 1 is 1.05 bits per heavy atom. The highest BCUT2D eigenvalue weighted by atomic mass is 16.5. The first kappa shape index (κ1) is 13.7. The summed E-state index contributed by atoms with van der Waals surface area (Å²) in [4.78, 5) is 34.8. The summed E-state index contributed by atoms with van der Waals surface area (Å²) in [5.74, 6) is -0.750. The zero-order chi connectivity index (χ0) is 15.5. The van der Waals surface area contributed by atoms with Gasteiger partial charge in [-0.2, -0.15) is 0 Å². The maximum absolute atomic E-state index is 12.2. The second kappa shape index (κ2) is 5.65. The average Bonchev–Trinajstić information content (AvgIpc) is 2.96. The molecular weight excluding hydrogens is 284 g/mol. The van der Waals surface area contributed by atoms with Gasteiger partial charge in [-0.25, -0.2) is 14.8 Å². The lowest BCUT2D eigenvalue weighted by atomic mass is 10.3. The number of carbonyl (C=O) groups is 2. The number of fused-ring (bicyclic) bond motifs is 1. The summed E-state index contributed by atoms with van der Waals surface area (Å²) < 4.78 is 4.58. The smallest absolute Gasteiger partial charge is 0.356 e. The second-order valence-corrected chi connectivity index (χ2v) is 4.46. The number of aromatic nitrogens is 3. The first-order chi connectivity index (χ1) is 10.7. The summed E-state index contributed by atoms with van der Waals surface area (Å²) in [6.45, 7) is 0. The lowest BCUT2D eigenvalue weighted by molar-refractivity contribution is 0.0594. The monoisotopic (exact) mass is 296 g/mol. The fourth-order valence-electron chi connectivity index (χ4n) is 1.96. The van der Waals surface area contributed by atoms with Crippen LogP contribution in [0, 0.1) is 0 Å². The van der Waals surface area contributed by atoms with Crippen molar-refractivity contribution in [3.63, 3.8) is 0 Å². The van der Waals surface area contributed by atoms with Gasteiger partial charge in [-0.1, -0.05) is 18.2 Å². The molecule has 2 N–H and O–H groups in total. The predicted molar refractivity (Wildman–Crippen MR) is 79.6 cm³/mol. The van der Waals surface area contributed by atoms with E-state index in [2.05, 4.69) is 25.0 Å². The lowest BCUT2D eigenvalue weighted by Gasteiger charge is -2.03. The molecule has 0 aliphatic rings. The number of nitrogens with zero attached hydrogens (tertiary/aromatic N) is 2. The number of aromatic amines is 1. The Morgan fingerprint density at radius 2 is 1.82 bits per heavy atom. The number of hydrogen-bond donors (Lipinski definition) is 2. The van der Waals surface area contributed by atoms with Crippen LogP contribution in [-0.4, -0.2) is 33.9 Å². The van der Waals surface area contributed by atoms with Crippen LogP contribution in [0.1, 0.15) is 21.0 Å². The van der Waals surface area contributed by atoms with E-state index in [4.69, 9.17) is 0 Å². The summed E-state index contributed by atoms with van der Waals surface area (Å²) in [6, 6.07) is 12.0. The molecule has 0 unspecified atom stereocenters. The highest BCUT2D eigenvalue weighted by Gasteiger charge is 2.14. The summed E-state index contributed by atoms with van der Waals surface area (Å²) >= 11 is 0. The van der Waals surface area contributed by atoms with Crippen LogP contribution in [0.25, 0.3) is 11.0 Å². The van der Waals surface area contributed by atoms with Gasteiger partial charge >= 0.3 is 5.97 Å². The molecule has 0 aliphatic heterocycles. The molecule has 1 amide bonds. The number of esters is 1. The van der Waals surface area contributed by atoms with Gasteiger partial charge in [0.05, 0.1) is 18.1 Å². The van der Waals surface area contributed by atoms with Crippen molar-refractivity contribution in [2.45, 2.75) is 0 Å². The molecule has 2 heterocycles. The molecule has 22 heavy (non-hydrogen) atoms. The van der Waals surface area contributed by atoms with Crippen molar-refractivity contribution >= 4 is 28.9 Å². The van der Waals surface area contributed by atoms with Crippen LogP contribution >= 0.6 is 0 Å². The minimum atomic E-state index is -0.599. The van der Waals surface area contributed by atoms with Crippen LogP contribution in [0.4, 0.5) is 5.95 Å². The van der Waals surface area contributed by atoms with Crippen LogP contribution in [0.5, 0.6) is 0 Å². The first-order valence-electron chi connectivity index (χ1n) is 6.49. The number of benzene rings is 1. The zero-order valence-electron chi connectivity index (χ0n) is 11.7. The number of methoxy groups -OCH3 is 1. The Labute approximate surface area is 125 Å². The van der Waals surface area contributed by atoms with Gasteiger partial charge < -0.3 is 9.72 Å². The zero-order valence-corrected chi connectivity index (χ0v) is 11.7. The van der Waals surface area contributed by atoms with Crippen LogP contribution in [0.15, 0.2) is 42.5 Å². The number of anilines is 1. The number of ether oxygens (including phenoxy) is 1. The minimum absolute atomic E-state index is 0.0692. The van der Waals surface area contributed by atoms with Crippen molar-refractivity contribution in [2.24, 2.45) is 0 Å². The highest BCUT2D eigenvalue weighted by molar-refractivity contribution is 6.03. The third-order valence-electron chi connectivity index (χ3n) is 3.00. The molecule has 0 fully saturated rings. The molecule has 1 aromatic carbocycles. The normalized spacial score (nSPS) is 10.4. The molecular formula is C15H12N4O3. The summed E-state index contributed by atoms with van der Waals surface area (Å²) in [5, 5.41) is 2.61. The largest absolute Gasteiger partial charge is 0.464 e. The summed E-state index contributed by atoms with van der Waals surface area (Å²) in [7, 11) is 1.26. The van der Waals surface area contributed by atoms with Gasteiger partial charge in [0, 0.05) is 0 Å². The number of carbonyl (C=O) groups excluding carboxylic acids is 2. The van der Waals surface area contributed by atoms with Crippen molar-refractivity contribution < 1.29 is 14.3 Å². The van der Waals surface area contributed by atoms with Gasteiger partial charge in [-0.15, -0.1) is 0 Å². The van der Waals surface area contributed by atoms with Crippen molar-refractivity contribution in [3.05, 3.63) is 53.9 Å². The van der Waals surface area contributed by atoms with Crippen molar-refractivity contribution in [3.8, 4) is 0 Å². The molecule has 0 bridgehead atoms. The van der Waals surface area contributed by atoms with Crippen LogP contribution < -0.4 is 5.32 Å². The Kier molecular flexibility index (Phi) is 3.53. The Bertz CT molecular complexity index is 824. The van der Waals surface area contributed by atoms with Crippen LogP contribution in [0.3, 0.4) is 0 Å². The van der Waals surface area contributed by atoms with E-state index in [0.717, 1.165) is 11.0 Å². The lowest BCUT2D eigenvalue weighted by Crippen LogP contribution is -2.16. The number of hydrogen-bond acceptors (Lipinski definition) is 5. The Morgan fingerprint density at radius 3 is 2.59 bits per heavy atom. The molecule has 3 aromatic rings. The van der Waals surface area contributed by atoms with E-state index in [-0.39, 0.29) is 11.4 Å². The molecule has 0 saturated carbocycles. The molecule has 7 nitrogen and oxygen atoms in total. The van der Waals surface area contributed by atoms with Crippen molar-refractivity contribution in [1.82, 2.24) is 15.0 Å². The van der Waals surface area contributed by atoms with Gasteiger partial charge in [-0.3, -0.25) is 10.1 Å². The molecule has 110 valence electrons. The fourth-order valence-corrected chi connectivity index (χ4v) is 1.96. The van der Waals surface area contributed by atoms with E-state index in [9.17, 15) is 9.59 Å². The number of rotatable bonds is 3. The maximum Gasteiger partial charge on any atom is 0.356 e. The van der Waals surface area contributed by atoms with Gasteiger partial charge in [0.2, 0.25) is 5.95 Å². The predicted octanol–water partition coefficient (Wildman–Crippen LogP) is 2.00. The third kappa shape index (κ3) is 2.64. The third-order valence-corrected chi connectivity index (χ3v) is 3.00. The number of amides is 1. The van der Waals surface area contributed by atoms with E-state index in [0.29, 0.717) is 5.95 Å². The van der Waals surface area contributed by atoms with Crippen LogP contribution in [-0.2, 0) is 4.74 Å². The van der Waals surface area contributed by atoms with Gasteiger partial charge in [-0.05, 0) is 24.3 Å². The highest BCUT2D eigenvalue weighted by Crippen LogP contribution is 2.14. The molecule has 0 spiro atoms. The van der Waals surface area contributed by atoms with Gasteiger partial charge in [0.25, 0.3) is 5.91 Å². The molecule has 0 radical (unpaired) electrons. The number of nitrogens with one attached hydrogen (secondary N) is 2. The quantitative estimate of drug-likeness (QED) is 0.720. The maximum atomic E-state index is 12.2. The fraction of sp³-hybridized carbons (Fsp3) is 0.0667. The van der Waals surface area contributed by atoms with E-state index < -0.39 is 11.9 Å². The van der Waals surface area contributed by atoms with Crippen LogP contribution in [0.2, 0.25) is 0 Å². The average molecular weight is 296 g/mol. The van der Waals surface area contributed by atoms with Gasteiger partial charge in [0.15, 0.2) is 0 Å². The van der Waals surface area contributed by atoms with Crippen molar-refractivity contribution in [2.75, 3.05) is 12.4 Å². The summed E-state index contributed by atoms with van der Waals surface area (Å²) in [6.07, 6.45) is 0. The summed E-state index contributed by atoms with van der Waals surface area (Å²) in [5.41, 5.74) is 1.73. The molecule has 0 saturated heterocycles. The molecule has 0 aliphatic carbocycles. The molecule has 0 atom stereocenters. The number of imidazole rings is 1. The Hall–Kier alpha value is -3.22. The Balaban J connectivity index is 1.83. The number of para-hydroxylation sites is 2. The van der Waals surface area contributed by atoms with E-state index in [1.807, 2.05) is 24.3 Å². The molecule has 7 heteroatoms. The van der Waals surface area contributed by atoms with Crippen molar-refractivity contribution in [1.29, 1.82) is 0 Å². The standard InChI is InChI=1S/C15H12N4O3/c1-22-14(21)12-8-4-7-11(16-12)13(20)19-15-17-9-5-2-3-6-10(9)18-15/h2-8H,1H3,(H2,17,18,19,20). The number of pyridine rings is 1. The topological polar surface area (TPSA) is 97.0 Å². The SMILES string of the molecule is COC(=O)c1cccc(C(=O)Nc2nc3ccccc3[nH]2)n1. The number of H-pyrrole nitrogens is 1. The van der Waals surface area contributed by atoms with Gasteiger partial charge in [0.1, 0.15) is 11.4 Å². The molecule has 3 rings (SSSR count). The van der Waals surface area contributed by atoms with E-state index in [1.165, 1.54) is 19.2 Å². The van der Waals surface area contributed by atoms with E-state index >= 15 is 0 Å². The van der Waals surface area contributed by atoms with E-state index in [1.54, 1.807) is 6.07 Å². The first-order valence-corrected chi connectivity index (χ1v) is 6.49. The second-order valence-electron chi connectivity index (χ2n) is 4.46.